The molecule has 0 aromatic carbocycles. The van der Waals surface area contributed by atoms with E-state index in [0.29, 0.717) is 0 Å². The fourth-order valence-electron chi connectivity index (χ4n) is 3.62. The molecule has 0 aliphatic carbocycles. The summed E-state index contributed by atoms with van der Waals surface area (Å²) in [5.41, 5.74) is 0.827. The summed E-state index contributed by atoms with van der Waals surface area (Å²) in [4.78, 5) is 22.9. The molecule has 1 aromatic heterocycles. The van der Waals surface area contributed by atoms with Gasteiger partial charge in [0.25, 0.3) is 0 Å². The molecular weight excluding hydrogens is 295 g/mol. The van der Waals surface area contributed by atoms with Gasteiger partial charge in [-0.2, -0.15) is 0 Å². The second-order valence-electron chi connectivity index (χ2n) is 6.67. The Morgan fingerprint density at radius 2 is 2.00 bits per heavy atom. The van der Waals surface area contributed by atoms with Gasteiger partial charge >= 0.3 is 0 Å². The number of carbonyl (C=O) groups excluding carboxylic acids is 1. The molecule has 1 aromatic rings. The average molecular weight is 320 g/mol. The van der Waals surface area contributed by atoms with Gasteiger partial charge < -0.3 is 9.80 Å². The monoisotopic (exact) mass is 320 g/mol. The fourth-order valence-corrected chi connectivity index (χ4v) is 3.62. The van der Waals surface area contributed by atoms with Crippen LogP contribution < -0.4 is 4.90 Å². The van der Waals surface area contributed by atoms with Gasteiger partial charge in [0.15, 0.2) is 0 Å². The maximum absolute atomic E-state index is 13.4. The third kappa shape index (κ3) is 3.47. The van der Waals surface area contributed by atoms with Crippen molar-refractivity contribution in [1.82, 2.24) is 14.8 Å². The van der Waals surface area contributed by atoms with Gasteiger partial charge in [-0.25, -0.2) is 4.39 Å². The normalized spacial score (nSPS) is 23.7. The highest BCUT2D eigenvalue weighted by Gasteiger charge is 2.37. The quantitative estimate of drug-likeness (QED) is 0.850. The van der Waals surface area contributed by atoms with Gasteiger partial charge in [-0.05, 0) is 26.7 Å². The summed E-state index contributed by atoms with van der Waals surface area (Å²) < 4.78 is 13.4. The Kier molecular flexibility index (Phi) is 4.80. The van der Waals surface area contributed by atoms with Crippen LogP contribution in [0.3, 0.4) is 0 Å². The predicted molar refractivity (Wildman–Crippen MR) is 87.9 cm³/mol. The number of rotatable bonds is 3. The molecular formula is C17H25FN4O. The smallest absolute Gasteiger partial charge is 0.240 e. The highest BCUT2D eigenvalue weighted by Crippen LogP contribution is 2.22. The summed E-state index contributed by atoms with van der Waals surface area (Å²) in [6.45, 7) is 8.42. The molecule has 23 heavy (non-hydrogen) atoms. The highest BCUT2D eigenvalue weighted by atomic mass is 19.1. The first-order valence-electron chi connectivity index (χ1n) is 8.46. The molecule has 2 saturated heterocycles. The van der Waals surface area contributed by atoms with Crippen LogP contribution in [0.5, 0.6) is 0 Å². The second kappa shape index (κ2) is 6.83. The first kappa shape index (κ1) is 16.2. The third-order valence-electron chi connectivity index (χ3n) is 4.86. The molecule has 2 aliphatic rings. The lowest BCUT2D eigenvalue weighted by molar-refractivity contribution is -0.133. The third-order valence-corrected chi connectivity index (χ3v) is 4.86. The minimum Gasteiger partial charge on any atom is -0.369 e. The van der Waals surface area contributed by atoms with Gasteiger partial charge in [0, 0.05) is 44.8 Å². The first-order chi connectivity index (χ1) is 11.1. The van der Waals surface area contributed by atoms with Gasteiger partial charge in [-0.1, -0.05) is 0 Å². The Morgan fingerprint density at radius 1 is 1.17 bits per heavy atom. The van der Waals surface area contributed by atoms with Gasteiger partial charge in [-0.3, -0.25) is 14.7 Å². The molecule has 126 valence electrons. The van der Waals surface area contributed by atoms with Crippen molar-refractivity contribution in [2.24, 2.45) is 0 Å². The molecule has 0 bridgehead atoms. The molecule has 1 amide bonds. The van der Waals surface area contributed by atoms with Crippen molar-refractivity contribution < 1.29 is 9.18 Å². The number of nitrogens with zero attached hydrogens (tertiary/aromatic N) is 4. The topological polar surface area (TPSA) is 39.7 Å². The second-order valence-corrected chi connectivity index (χ2v) is 6.67. The molecule has 6 heteroatoms. The van der Waals surface area contributed by atoms with Crippen molar-refractivity contribution in [3.05, 3.63) is 24.3 Å². The Morgan fingerprint density at radius 3 is 2.70 bits per heavy atom. The summed E-state index contributed by atoms with van der Waals surface area (Å²) in [5, 5.41) is 0. The first-order valence-corrected chi connectivity index (χ1v) is 8.46. The van der Waals surface area contributed by atoms with Crippen molar-refractivity contribution in [3.63, 3.8) is 0 Å². The number of hydrogen-bond acceptors (Lipinski definition) is 4. The highest BCUT2D eigenvalue weighted by molar-refractivity contribution is 5.84. The Labute approximate surface area is 137 Å². The zero-order valence-corrected chi connectivity index (χ0v) is 13.9. The number of aromatic nitrogens is 1. The molecule has 0 unspecified atom stereocenters. The lowest BCUT2D eigenvalue weighted by atomic mass is 10.2. The Balaban J connectivity index is 1.64. The molecule has 1 atom stereocenters. The number of halogens is 1. The summed E-state index contributed by atoms with van der Waals surface area (Å²) in [7, 11) is 0. The molecule has 2 fully saturated rings. The van der Waals surface area contributed by atoms with Gasteiger partial charge in [-0.15, -0.1) is 0 Å². The van der Waals surface area contributed by atoms with E-state index in [-0.39, 0.29) is 23.8 Å². The lowest BCUT2D eigenvalue weighted by Gasteiger charge is -2.28. The van der Waals surface area contributed by atoms with E-state index in [9.17, 15) is 9.18 Å². The van der Waals surface area contributed by atoms with Crippen LogP contribution in [0, 0.1) is 5.82 Å². The molecule has 3 rings (SSSR count). The number of amides is 1. The van der Waals surface area contributed by atoms with E-state index in [1.54, 1.807) is 6.20 Å². The van der Waals surface area contributed by atoms with Crippen LogP contribution in [0.4, 0.5) is 10.1 Å². The van der Waals surface area contributed by atoms with Crippen molar-refractivity contribution in [2.75, 3.05) is 37.6 Å². The average Bonchev–Trinajstić information content (AvgIpc) is 2.75. The Hall–Kier alpha value is -1.69. The maximum Gasteiger partial charge on any atom is 0.240 e. The zero-order valence-electron chi connectivity index (χ0n) is 13.9. The summed E-state index contributed by atoms with van der Waals surface area (Å²) >= 11 is 0. The van der Waals surface area contributed by atoms with Crippen LogP contribution in [-0.4, -0.2) is 65.5 Å². The van der Waals surface area contributed by atoms with Crippen molar-refractivity contribution in [1.29, 1.82) is 0 Å². The molecule has 3 heterocycles. The fraction of sp³-hybridized carbons (Fsp3) is 0.647. The van der Waals surface area contributed by atoms with Crippen molar-refractivity contribution in [3.8, 4) is 0 Å². The minimum absolute atomic E-state index is 0.0167. The molecule has 5 nitrogen and oxygen atoms in total. The predicted octanol–water partition coefficient (Wildman–Crippen LogP) is 1.74. The van der Waals surface area contributed by atoms with Crippen LogP contribution in [0.15, 0.2) is 18.5 Å². The summed E-state index contributed by atoms with van der Waals surface area (Å²) in [6, 6.07) is 1.82. The van der Waals surface area contributed by atoms with E-state index in [2.05, 4.69) is 28.6 Å². The van der Waals surface area contributed by atoms with E-state index >= 15 is 0 Å². The van der Waals surface area contributed by atoms with Crippen molar-refractivity contribution in [2.45, 2.75) is 38.8 Å². The van der Waals surface area contributed by atoms with Gasteiger partial charge in [0.05, 0.1) is 24.1 Å². The number of anilines is 1. The van der Waals surface area contributed by atoms with E-state index in [0.717, 1.165) is 51.3 Å². The van der Waals surface area contributed by atoms with Gasteiger partial charge in [0.1, 0.15) is 5.82 Å². The maximum atomic E-state index is 13.4. The standard InChI is InChI=1S/C17H25FN4O/c1-13(2)22-7-4-16(17(22)23)21-6-3-5-20(8-9-21)15-10-14(18)11-19-12-15/h10-13,16H,3-9H2,1-2H3/t16-/m0/s1. The molecule has 2 aliphatic heterocycles. The van der Waals surface area contributed by atoms with Crippen LogP contribution >= 0.6 is 0 Å². The number of hydrogen-bond donors (Lipinski definition) is 0. The number of likely N-dealkylation sites (tertiary alicyclic amines) is 1. The molecule has 0 radical (unpaired) electrons. The summed E-state index contributed by atoms with van der Waals surface area (Å²) in [5.74, 6) is -0.0389. The van der Waals surface area contributed by atoms with E-state index in [1.807, 2.05) is 4.90 Å². The number of carbonyl (C=O) groups is 1. The van der Waals surface area contributed by atoms with Crippen molar-refractivity contribution >= 4 is 11.6 Å². The van der Waals surface area contributed by atoms with Crippen LogP contribution in [0.1, 0.15) is 26.7 Å². The molecule has 0 N–H and O–H groups in total. The van der Waals surface area contributed by atoms with Crippen LogP contribution in [-0.2, 0) is 4.79 Å². The molecule has 0 saturated carbocycles. The molecule has 0 spiro atoms. The Bertz CT molecular complexity index is 565. The largest absolute Gasteiger partial charge is 0.369 e. The van der Waals surface area contributed by atoms with Crippen LogP contribution in [0.2, 0.25) is 0 Å². The van der Waals surface area contributed by atoms with E-state index in [1.165, 1.54) is 12.3 Å². The minimum atomic E-state index is -0.304. The number of pyridine rings is 1. The van der Waals surface area contributed by atoms with E-state index in [4.69, 9.17) is 0 Å². The zero-order chi connectivity index (χ0) is 16.4. The van der Waals surface area contributed by atoms with E-state index < -0.39 is 0 Å². The van der Waals surface area contributed by atoms with Crippen LogP contribution in [0.25, 0.3) is 0 Å². The summed E-state index contributed by atoms with van der Waals surface area (Å²) in [6.07, 6.45) is 4.83. The SMILES string of the molecule is CC(C)N1CC[C@H](N2CCCN(c3cncc(F)c3)CC2)C1=O. The van der Waals surface area contributed by atoms with Gasteiger partial charge in [0.2, 0.25) is 5.91 Å². The lowest BCUT2D eigenvalue weighted by Crippen LogP contribution is -2.45.